The Morgan fingerprint density at radius 3 is 2.48 bits per heavy atom. The fourth-order valence-electron chi connectivity index (χ4n) is 2.85. The molecule has 2 aromatic rings. The first-order valence-corrected chi connectivity index (χ1v) is 8.79. The maximum atomic E-state index is 14.6. The zero-order chi connectivity index (χ0) is 15.7. The van der Waals surface area contributed by atoms with E-state index in [2.05, 4.69) is 10.2 Å². The van der Waals surface area contributed by atoms with Crippen LogP contribution in [0.4, 0.5) is 4.39 Å². The van der Waals surface area contributed by atoms with Gasteiger partial charge < -0.3 is 5.32 Å². The third kappa shape index (κ3) is 4.01. The maximum Gasteiger partial charge on any atom is 0.129 e. The topological polar surface area (TPSA) is 15.3 Å². The van der Waals surface area contributed by atoms with Crippen molar-refractivity contribution in [2.24, 2.45) is 0 Å². The molecule has 0 aliphatic carbocycles. The van der Waals surface area contributed by atoms with Crippen molar-refractivity contribution in [1.82, 2.24) is 10.2 Å². The standard InChI is InChI=1S/C16H17Cl2FN2S.ClH/c1-10-2-3-11(19)14(15(10)18)16(12-4-5-13(17)22-12)21-8-6-20-7-9-21;/h2-5,16,20H,6-9H2,1H3;1H/t16-;/m0./s1. The monoisotopic (exact) mass is 394 g/mol. The lowest BCUT2D eigenvalue weighted by molar-refractivity contribution is 0.197. The highest BCUT2D eigenvalue weighted by Gasteiger charge is 2.30. The van der Waals surface area contributed by atoms with Gasteiger partial charge in [-0.1, -0.05) is 29.3 Å². The van der Waals surface area contributed by atoms with Gasteiger partial charge in [0.25, 0.3) is 0 Å². The Hall–Kier alpha value is -0.360. The summed E-state index contributed by atoms with van der Waals surface area (Å²) in [5.41, 5.74) is 1.45. The summed E-state index contributed by atoms with van der Waals surface area (Å²) in [6, 6.07) is 6.86. The number of aryl methyl sites for hydroxylation is 1. The Morgan fingerprint density at radius 1 is 1.17 bits per heavy atom. The summed E-state index contributed by atoms with van der Waals surface area (Å²) < 4.78 is 15.3. The molecule has 126 valence electrons. The van der Waals surface area contributed by atoms with Crippen LogP contribution in [0.25, 0.3) is 0 Å². The number of thiophene rings is 1. The number of nitrogens with zero attached hydrogens (tertiary/aromatic N) is 1. The third-order valence-corrected chi connectivity index (χ3v) is 5.76. The Labute approximate surface area is 156 Å². The molecule has 0 saturated carbocycles. The first-order valence-electron chi connectivity index (χ1n) is 7.22. The van der Waals surface area contributed by atoms with Crippen molar-refractivity contribution < 1.29 is 4.39 Å². The average molecular weight is 396 g/mol. The van der Waals surface area contributed by atoms with Gasteiger partial charge in [-0.2, -0.15) is 0 Å². The lowest BCUT2D eigenvalue weighted by atomic mass is 9.99. The molecule has 1 aromatic heterocycles. The first-order chi connectivity index (χ1) is 10.6. The van der Waals surface area contributed by atoms with Gasteiger partial charge in [0.05, 0.1) is 15.4 Å². The molecule has 0 amide bonds. The summed E-state index contributed by atoms with van der Waals surface area (Å²) in [7, 11) is 0. The Morgan fingerprint density at radius 2 is 1.87 bits per heavy atom. The van der Waals surface area contributed by atoms with Crippen LogP contribution in [0.3, 0.4) is 0 Å². The highest BCUT2D eigenvalue weighted by Crippen LogP contribution is 2.40. The van der Waals surface area contributed by atoms with Gasteiger partial charge >= 0.3 is 0 Å². The van der Waals surface area contributed by atoms with Gasteiger partial charge in [-0.15, -0.1) is 23.7 Å². The molecule has 0 unspecified atom stereocenters. The van der Waals surface area contributed by atoms with Crippen LogP contribution in [0, 0.1) is 12.7 Å². The van der Waals surface area contributed by atoms with E-state index in [1.165, 1.54) is 17.4 Å². The van der Waals surface area contributed by atoms with Crippen molar-refractivity contribution in [1.29, 1.82) is 0 Å². The SMILES string of the molecule is Cc1ccc(F)c([C@H](c2ccc(Cl)s2)N2CCNCC2)c1Cl.Cl. The molecule has 1 saturated heterocycles. The molecular formula is C16H18Cl3FN2S. The van der Waals surface area contributed by atoms with Crippen LogP contribution < -0.4 is 5.32 Å². The quantitative estimate of drug-likeness (QED) is 0.793. The van der Waals surface area contributed by atoms with Gasteiger partial charge in [0.2, 0.25) is 0 Å². The number of halogens is 4. The summed E-state index contributed by atoms with van der Waals surface area (Å²) >= 11 is 14.0. The molecule has 0 spiro atoms. The molecule has 1 aromatic carbocycles. The smallest absolute Gasteiger partial charge is 0.129 e. The minimum atomic E-state index is -0.261. The van der Waals surface area contributed by atoms with Crippen LogP contribution in [-0.4, -0.2) is 31.1 Å². The van der Waals surface area contributed by atoms with E-state index in [-0.39, 0.29) is 24.3 Å². The fourth-order valence-corrected chi connectivity index (χ4v) is 4.31. The molecule has 7 heteroatoms. The average Bonchev–Trinajstić information content (AvgIpc) is 2.94. The summed E-state index contributed by atoms with van der Waals surface area (Å²) in [5.74, 6) is -0.261. The number of hydrogen-bond donors (Lipinski definition) is 1. The van der Waals surface area contributed by atoms with Crippen molar-refractivity contribution >= 4 is 46.9 Å². The molecule has 2 nitrogen and oxygen atoms in total. The third-order valence-electron chi connectivity index (χ3n) is 3.97. The van der Waals surface area contributed by atoms with E-state index in [1.54, 1.807) is 6.07 Å². The summed E-state index contributed by atoms with van der Waals surface area (Å²) in [6.45, 7) is 5.39. The van der Waals surface area contributed by atoms with Crippen LogP contribution >= 0.6 is 46.9 Å². The zero-order valence-corrected chi connectivity index (χ0v) is 15.8. The Balaban J connectivity index is 0.00000192. The van der Waals surface area contributed by atoms with E-state index in [0.717, 1.165) is 36.6 Å². The molecule has 1 aliphatic rings. The Kier molecular flexibility index (Phi) is 6.72. The number of hydrogen-bond acceptors (Lipinski definition) is 3. The Bertz CT molecular complexity index is 671. The largest absolute Gasteiger partial charge is 0.314 e. The van der Waals surface area contributed by atoms with Crippen LogP contribution in [0.15, 0.2) is 24.3 Å². The van der Waals surface area contributed by atoms with Gasteiger partial charge in [-0.25, -0.2) is 4.39 Å². The lowest BCUT2D eigenvalue weighted by Crippen LogP contribution is -2.45. The van der Waals surface area contributed by atoms with Crippen molar-refractivity contribution in [2.45, 2.75) is 13.0 Å². The van der Waals surface area contributed by atoms with Crippen LogP contribution in [0.1, 0.15) is 22.0 Å². The highest BCUT2D eigenvalue weighted by atomic mass is 35.5. The number of nitrogens with one attached hydrogen (secondary N) is 1. The summed E-state index contributed by atoms with van der Waals surface area (Å²) in [5, 5.41) is 3.83. The van der Waals surface area contributed by atoms with Crippen LogP contribution in [-0.2, 0) is 0 Å². The summed E-state index contributed by atoms with van der Waals surface area (Å²) in [6.07, 6.45) is 0. The van der Waals surface area contributed by atoms with Gasteiger partial charge in [-0.05, 0) is 30.7 Å². The first kappa shape index (κ1) is 19.0. The predicted octanol–water partition coefficient (Wildman–Crippen LogP) is 4.92. The minimum Gasteiger partial charge on any atom is -0.314 e. The van der Waals surface area contributed by atoms with Gasteiger partial charge in [-0.3, -0.25) is 4.90 Å². The van der Waals surface area contributed by atoms with Crippen molar-refractivity contribution in [3.05, 3.63) is 55.4 Å². The molecule has 1 N–H and O–H groups in total. The fraction of sp³-hybridized carbons (Fsp3) is 0.375. The van der Waals surface area contributed by atoms with Crippen LogP contribution in [0.2, 0.25) is 9.36 Å². The van der Waals surface area contributed by atoms with Crippen LogP contribution in [0.5, 0.6) is 0 Å². The second-order valence-electron chi connectivity index (χ2n) is 5.42. The predicted molar refractivity (Wildman–Crippen MR) is 99.0 cm³/mol. The molecule has 1 aliphatic heterocycles. The molecular weight excluding hydrogens is 378 g/mol. The minimum absolute atomic E-state index is 0. The molecule has 23 heavy (non-hydrogen) atoms. The summed E-state index contributed by atoms with van der Waals surface area (Å²) in [4.78, 5) is 3.29. The molecule has 1 atom stereocenters. The van der Waals surface area contributed by atoms with E-state index in [0.29, 0.717) is 14.9 Å². The normalized spacial score (nSPS) is 16.9. The second-order valence-corrected chi connectivity index (χ2v) is 7.55. The van der Waals surface area contributed by atoms with Crippen molar-refractivity contribution in [2.75, 3.05) is 26.2 Å². The highest BCUT2D eigenvalue weighted by molar-refractivity contribution is 7.16. The number of piperazine rings is 1. The number of benzene rings is 1. The van der Waals surface area contributed by atoms with E-state index < -0.39 is 0 Å². The molecule has 3 rings (SSSR count). The second kappa shape index (κ2) is 8.15. The van der Waals surface area contributed by atoms with E-state index in [9.17, 15) is 4.39 Å². The van der Waals surface area contributed by atoms with E-state index >= 15 is 0 Å². The molecule has 2 heterocycles. The van der Waals surface area contributed by atoms with E-state index in [1.807, 2.05) is 19.1 Å². The van der Waals surface area contributed by atoms with Gasteiger partial charge in [0, 0.05) is 36.6 Å². The van der Waals surface area contributed by atoms with Gasteiger partial charge in [0.15, 0.2) is 0 Å². The van der Waals surface area contributed by atoms with Crippen molar-refractivity contribution in [3.8, 4) is 0 Å². The maximum absolute atomic E-state index is 14.6. The lowest BCUT2D eigenvalue weighted by Gasteiger charge is -2.35. The molecule has 1 fully saturated rings. The molecule has 0 radical (unpaired) electrons. The van der Waals surface area contributed by atoms with Gasteiger partial charge in [0.1, 0.15) is 5.82 Å². The zero-order valence-electron chi connectivity index (χ0n) is 12.6. The number of rotatable bonds is 3. The molecule has 0 bridgehead atoms. The van der Waals surface area contributed by atoms with E-state index in [4.69, 9.17) is 23.2 Å². The van der Waals surface area contributed by atoms with Crippen molar-refractivity contribution in [3.63, 3.8) is 0 Å².